The Labute approximate surface area is 202 Å². The Balaban J connectivity index is 1.70. The number of rotatable bonds is 7. The van der Waals surface area contributed by atoms with Crippen molar-refractivity contribution in [1.82, 2.24) is 14.4 Å². The highest BCUT2D eigenvalue weighted by Gasteiger charge is 2.30. The number of hydrogen-bond acceptors (Lipinski definition) is 7. The number of hydrogen-bond donors (Lipinski definition) is 2. The molecule has 34 heavy (non-hydrogen) atoms. The van der Waals surface area contributed by atoms with Crippen LogP contribution < -0.4 is 10.5 Å². The van der Waals surface area contributed by atoms with Crippen LogP contribution in [0, 0.1) is 0 Å². The summed E-state index contributed by atoms with van der Waals surface area (Å²) in [5, 5.41) is 22.9. The lowest BCUT2D eigenvalue weighted by Crippen LogP contribution is -2.47. The average Bonchev–Trinajstić information content (AvgIpc) is 3.25. The van der Waals surface area contributed by atoms with Crippen molar-refractivity contribution in [2.24, 2.45) is 0 Å². The predicted octanol–water partition coefficient (Wildman–Crippen LogP) is 3.51. The molecule has 8 nitrogen and oxygen atoms in total. The number of carboxylic acid groups (broad SMARTS) is 1. The molecular weight excluding hydrogens is 452 g/mol. The van der Waals surface area contributed by atoms with Gasteiger partial charge in [0.1, 0.15) is 11.5 Å². The first-order chi connectivity index (χ1) is 16.1. The third-order valence-corrected chi connectivity index (χ3v) is 6.99. The van der Waals surface area contributed by atoms with Gasteiger partial charge in [-0.3, -0.25) is 9.20 Å². The zero-order chi connectivity index (χ0) is 24.5. The number of nitrogens with zero attached hydrogens (tertiary/aromatic N) is 4. The number of carboxylic acids is 1. The number of aryl methyl sites for hydroxylation is 2. The number of aliphatic hydroxyl groups is 1. The topological polar surface area (TPSA) is 108 Å². The Morgan fingerprint density at radius 1 is 1.32 bits per heavy atom. The molecule has 3 aromatic rings. The molecule has 0 radical (unpaired) electrons. The summed E-state index contributed by atoms with van der Waals surface area (Å²) in [6, 6.07) is 3.79. The Morgan fingerprint density at radius 2 is 2.12 bits per heavy atom. The van der Waals surface area contributed by atoms with Gasteiger partial charge in [0.05, 0.1) is 21.9 Å². The molecule has 4 rings (SSSR count). The Hall–Kier alpha value is -3.04. The van der Waals surface area contributed by atoms with Gasteiger partial charge in [-0.25, -0.2) is 14.8 Å². The lowest BCUT2D eigenvalue weighted by atomic mass is 9.95. The molecule has 4 heterocycles. The number of pyridine rings is 1. The number of thiazole rings is 1. The number of fused-ring (bicyclic) bond motifs is 1. The second-order valence-electron chi connectivity index (χ2n) is 9.43. The first kappa shape index (κ1) is 24.1. The highest BCUT2D eigenvalue weighted by molar-refractivity contribution is 7.09. The fraction of sp³-hybridized carbons (Fsp3) is 0.440. The Bertz CT molecular complexity index is 1290. The van der Waals surface area contributed by atoms with E-state index in [9.17, 15) is 14.7 Å². The van der Waals surface area contributed by atoms with Crippen LogP contribution in [-0.2, 0) is 17.6 Å². The van der Waals surface area contributed by atoms with E-state index < -0.39 is 11.6 Å². The van der Waals surface area contributed by atoms with Crippen LogP contribution in [0.3, 0.4) is 0 Å². The molecule has 1 atom stereocenters. The predicted molar refractivity (Wildman–Crippen MR) is 134 cm³/mol. The van der Waals surface area contributed by atoms with E-state index >= 15 is 0 Å². The first-order valence-electron chi connectivity index (χ1n) is 11.5. The molecule has 0 bridgehead atoms. The largest absolute Gasteiger partial charge is 0.478 e. The summed E-state index contributed by atoms with van der Waals surface area (Å²) < 4.78 is 1.44. The molecule has 9 heteroatoms. The quantitative estimate of drug-likeness (QED) is 0.496. The van der Waals surface area contributed by atoms with Crippen LogP contribution in [0.1, 0.15) is 61.4 Å². The van der Waals surface area contributed by atoms with E-state index in [0.717, 1.165) is 41.6 Å². The van der Waals surface area contributed by atoms with Crippen LogP contribution in [0.4, 0.5) is 5.82 Å². The molecule has 0 aromatic carbocycles. The van der Waals surface area contributed by atoms with E-state index in [1.165, 1.54) is 10.5 Å². The van der Waals surface area contributed by atoms with E-state index in [1.807, 2.05) is 17.0 Å². The van der Waals surface area contributed by atoms with Gasteiger partial charge in [0.2, 0.25) is 0 Å². The van der Waals surface area contributed by atoms with Crippen molar-refractivity contribution in [2.75, 3.05) is 18.0 Å². The molecule has 0 aliphatic carbocycles. The molecule has 1 unspecified atom stereocenters. The van der Waals surface area contributed by atoms with Gasteiger partial charge in [-0.05, 0) is 55.9 Å². The van der Waals surface area contributed by atoms with Gasteiger partial charge in [0.15, 0.2) is 0 Å². The van der Waals surface area contributed by atoms with Crippen LogP contribution in [0.2, 0.25) is 0 Å². The number of aromatic nitrogens is 3. The van der Waals surface area contributed by atoms with E-state index in [2.05, 4.69) is 19.2 Å². The van der Waals surface area contributed by atoms with Crippen molar-refractivity contribution in [3.05, 3.63) is 62.0 Å². The van der Waals surface area contributed by atoms with Crippen LogP contribution in [0.15, 0.2) is 34.6 Å². The van der Waals surface area contributed by atoms with Gasteiger partial charge >= 0.3 is 5.97 Å². The normalized spacial score (nSPS) is 18.9. The number of carbonyl (C=O) groups is 1. The molecule has 3 aromatic heterocycles. The average molecular weight is 483 g/mol. The minimum absolute atomic E-state index is 0.203. The maximum Gasteiger partial charge on any atom is 0.328 e. The number of piperidine rings is 1. The standard InChI is InChI=1S/C25H30N4O4S/c1-16(2)19-14-34-21(26-19)7-5-17-9-12-29-20(13-17)27-23(18(24(29)32)6-8-22(30)31)28-11-4-10-25(3,33)15-28/h6,8-9,12-14,16,33H,4-5,7,10-11,15H2,1-3H3,(H,30,31). The highest BCUT2D eigenvalue weighted by atomic mass is 32.1. The molecule has 0 saturated carbocycles. The van der Waals surface area contributed by atoms with Crippen molar-refractivity contribution in [3.8, 4) is 0 Å². The monoisotopic (exact) mass is 482 g/mol. The molecule has 1 saturated heterocycles. The van der Waals surface area contributed by atoms with Gasteiger partial charge in [-0.2, -0.15) is 0 Å². The fourth-order valence-electron chi connectivity index (χ4n) is 4.24. The molecule has 2 N–H and O–H groups in total. The van der Waals surface area contributed by atoms with Crippen molar-refractivity contribution in [3.63, 3.8) is 0 Å². The summed E-state index contributed by atoms with van der Waals surface area (Å²) in [6.07, 6.45) is 6.92. The maximum atomic E-state index is 13.3. The van der Waals surface area contributed by atoms with Crippen LogP contribution in [0.5, 0.6) is 0 Å². The van der Waals surface area contributed by atoms with Gasteiger partial charge in [0.25, 0.3) is 5.56 Å². The molecule has 0 spiro atoms. The number of aliphatic carboxylic acids is 1. The van der Waals surface area contributed by atoms with E-state index in [1.54, 1.807) is 24.5 Å². The second-order valence-corrected chi connectivity index (χ2v) is 10.4. The van der Waals surface area contributed by atoms with Crippen molar-refractivity contribution in [2.45, 2.75) is 58.0 Å². The zero-order valence-electron chi connectivity index (χ0n) is 19.7. The second kappa shape index (κ2) is 9.68. The summed E-state index contributed by atoms with van der Waals surface area (Å²) >= 11 is 1.67. The van der Waals surface area contributed by atoms with E-state index in [0.29, 0.717) is 36.9 Å². The third-order valence-electron chi connectivity index (χ3n) is 6.07. The smallest absolute Gasteiger partial charge is 0.328 e. The highest BCUT2D eigenvalue weighted by Crippen LogP contribution is 2.27. The van der Waals surface area contributed by atoms with E-state index in [-0.39, 0.29) is 11.1 Å². The minimum atomic E-state index is -1.14. The number of anilines is 1. The maximum absolute atomic E-state index is 13.3. The molecule has 0 amide bonds. The van der Waals surface area contributed by atoms with Crippen LogP contribution >= 0.6 is 11.3 Å². The van der Waals surface area contributed by atoms with Gasteiger partial charge < -0.3 is 15.1 Å². The van der Waals surface area contributed by atoms with Crippen molar-refractivity contribution >= 4 is 34.8 Å². The lowest BCUT2D eigenvalue weighted by molar-refractivity contribution is -0.131. The third kappa shape index (κ3) is 5.37. The summed E-state index contributed by atoms with van der Waals surface area (Å²) in [5.41, 5.74) is 1.61. The molecule has 1 aliphatic rings. The zero-order valence-corrected chi connectivity index (χ0v) is 20.5. The Kier molecular flexibility index (Phi) is 6.86. The van der Waals surface area contributed by atoms with Gasteiger partial charge in [-0.1, -0.05) is 13.8 Å². The van der Waals surface area contributed by atoms with Crippen LogP contribution in [-0.4, -0.2) is 49.2 Å². The summed E-state index contributed by atoms with van der Waals surface area (Å²) in [5.74, 6) is -0.333. The summed E-state index contributed by atoms with van der Waals surface area (Å²) in [7, 11) is 0. The molecular formula is C25H30N4O4S. The first-order valence-corrected chi connectivity index (χ1v) is 12.4. The number of β-amino-alcohol motifs (C(OH)–C–C–N with tert-alkyl or cyclic N) is 1. The summed E-state index contributed by atoms with van der Waals surface area (Å²) in [4.78, 5) is 35.8. The van der Waals surface area contributed by atoms with Gasteiger partial charge in [0, 0.05) is 37.2 Å². The van der Waals surface area contributed by atoms with E-state index in [4.69, 9.17) is 15.1 Å². The van der Waals surface area contributed by atoms with Crippen molar-refractivity contribution < 1.29 is 15.0 Å². The lowest BCUT2D eigenvalue weighted by Gasteiger charge is -2.38. The molecule has 180 valence electrons. The fourth-order valence-corrected chi connectivity index (χ4v) is 5.20. The van der Waals surface area contributed by atoms with Crippen molar-refractivity contribution in [1.29, 1.82) is 0 Å². The van der Waals surface area contributed by atoms with Gasteiger partial charge in [-0.15, -0.1) is 11.3 Å². The Morgan fingerprint density at radius 3 is 2.79 bits per heavy atom. The van der Waals surface area contributed by atoms with Crippen LogP contribution in [0.25, 0.3) is 11.7 Å². The SMILES string of the molecule is CC(C)c1csc(CCc2ccn3c(=O)c(C=CC(=O)O)c(N4CCCC(C)(O)C4)nc3c2)n1. The molecule has 1 fully saturated rings. The molecule has 1 aliphatic heterocycles. The minimum Gasteiger partial charge on any atom is -0.478 e. The summed E-state index contributed by atoms with van der Waals surface area (Å²) in [6.45, 7) is 6.98.